The maximum Gasteiger partial charge on any atom is 0.166 e. The number of hydrogen-bond acceptors (Lipinski definition) is 2. The van der Waals surface area contributed by atoms with Crippen molar-refractivity contribution >= 4 is 0 Å². The molecule has 1 fully saturated rings. The van der Waals surface area contributed by atoms with Crippen molar-refractivity contribution in [3.05, 3.63) is 88.7 Å². The molecule has 0 amide bonds. The lowest BCUT2D eigenvalue weighted by Gasteiger charge is -2.29. The van der Waals surface area contributed by atoms with E-state index in [-0.39, 0.29) is 29.7 Å². The lowest BCUT2D eigenvalue weighted by Crippen LogP contribution is -2.15. The molecule has 0 aliphatic heterocycles. The quantitative estimate of drug-likeness (QED) is 0.369. The first-order valence-electron chi connectivity index (χ1n) is 12.1. The lowest BCUT2D eigenvalue weighted by atomic mass is 9.76. The summed E-state index contributed by atoms with van der Waals surface area (Å²) in [5.74, 6) is -1.09. The van der Waals surface area contributed by atoms with Gasteiger partial charge in [-0.1, -0.05) is 42.5 Å². The predicted octanol–water partition coefficient (Wildman–Crippen LogP) is 7.57. The lowest BCUT2D eigenvalue weighted by molar-refractivity contribution is 0.282. The van der Waals surface area contributed by atoms with Gasteiger partial charge in [-0.25, -0.2) is 13.2 Å². The second-order valence-corrected chi connectivity index (χ2v) is 9.14. The second-order valence-electron chi connectivity index (χ2n) is 9.14. The van der Waals surface area contributed by atoms with Gasteiger partial charge >= 0.3 is 0 Å². The zero-order valence-corrected chi connectivity index (χ0v) is 19.5. The van der Waals surface area contributed by atoms with Gasteiger partial charge < -0.3 is 9.84 Å². The standard InChI is InChI=1S/C29H31F3O2/c1-2-34-27-16-9-20(17-26(27)30)4-3-19-5-10-22(11-6-19)24-14-15-25(29(32)28(24)31)23-12-7-21(18-33)8-13-23/h7-9,12-17,19,22,33H,2-6,10-11,18H2,1H3. The first kappa shape index (κ1) is 24.3. The van der Waals surface area contributed by atoms with Crippen LogP contribution in [0.15, 0.2) is 54.6 Å². The number of rotatable bonds is 8. The van der Waals surface area contributed by atoms with E-state index in [1.807, 2.05) is 13.0 Å². The van der Waals surface area contributed by atoms with Crippen LogP contribution in [0.5, 0.6) is 5.75 Å². The predicted molar refractivity (Wildman–Crippen MR) is 128 cm³/mol. The van der Waals surface area contributed by atoms with Crippen molar-refractivity contribution < 1.29 is 23.0 Å². The molecule has 0 bridgehead atoms. The third-order valence-electron chi connectivity index (χ3n) is 6.98. The molecule has 0 saturated heterocycles. The van der Waals surface area contributed by atoms with Crippen LogP contribution in [0.1, 0.15) is 61.6 Å². The fourth-order valence-electron chi connectivity index (χ4n) is 5.00. The van der Waals surface area contributed by atoms with Gasteiger partial charge in [-0.15, -0.1) is 0 Å². The Morgan fingerprint density at radius 3 is 2.21 bits per heavy atom. The van der Waals surface area contributed by atoms with Crippen molar-refractivity contribution in [2.45, 2.75) is 58.0 Å². The van der Waals surface area contributed by atoms with E-state index in [4.69, 9.17) is 4.74 Å². The second kappa shape index (κ2) is 11.1. The van der Waals surface area contributed by atoms with Crippen molar-refractivity contribution in [3.63, 3.8) is 0 Å². The fourth-order valence-corrected chi connectivity index (χ4v) is 5.00. The Bertz CT molecular complexity index is 1100. The van der Waals surface area contributed by atoms with Gasteiger partial charge in [-0.05, 0) is 91.7 Å². The molecule has 0 aromatic heterocycles. The molecular weight excluding hydrogens is 437 g/mol. The molecule has 3 aromatic rings. The highest BCUT2D eigenvalue weighted by atomic mass is 19.2. The smallest absolute Gasteiger partial charge is 0.166 e. The summed E-state index contributed by atoms with van der Waals surface area (Å²) in [4.78, 5) is 0. The van der Waals surface area contributed by atoms with Crippen LogP contribution >= 0.6 is 0 Å². The highest BCUT2D eigenvalue weighted by molar-refractivity contribution is 5.65. The summed E-state index contributed by atoms with van der Waals surface area (Å²) >= 11 is 0. The van der Waals surface area contributed by atoms with E-state index in [2.05, 4.69) is 0 Å². The third-order valence-corrected chi connectivity index (χ3v) is 6.98. The van der Waals surface area contributed by atoms with Gasteiger partial charge in [-0.2, -0.15) is 0 Å². The van der Waals surface area contributed by atoms with Gasteiger partial charge in [0.1, 0.15) is 0 Å². The summed E-state index contributed by atoms with van der Waals surface area (Å²) in [7, 11) is 0. The Labute approximate surface area is 199 Å². The Hall–Kier alpha value is -2.79. The molecule has 1 N–H and O–H groups in total. The van der Waals surface area contributed by atoms with E-state index in [9.17, 15) is 13.9 Å². The highest BCUT2D eigenvalue weighted by Gasteiger charge is 2.26. The molecule has 0 spiro atoms. The molecule has 0 unspecified atom stereocenters. The topological polar surface area (TPSA) is 29.5 Å². The number of aliphatic hydroxyl groups is 1. The first-order chi connectivity index (χ1) is 16.5. The largest absolute Gasteiger partial charge is 0.491 e. The Kier molecular flexibility index (Phi) is 7.94. The maximum absolute atomic E-state index is 15.0. The van der Waals surface area contributed by atoms with Crippen molar-refractivity contribution in [3.8, 4) is 16.9 Å². The normalized spacial score (nSPS) is 18.1. The van der Waals surface area contributed by atoms with Gasteiger partial charge in [0.25, 0.3) is 0 Å². The average molecular weight is 469 g/mol. The Morgan fingerprint density at radius 2 is 1.56 bits per heavy atom. The molecule has 1 aliphatic carbocycles. The van der Waals surface area contributed by atoms with Gasteiger partial charge in [0.15, 0.2) is 23.2 Å². The fraction of sp³-hybridized carbons (Fsp3) is 0.379. The summed E-state index contributed by atoms with van der Waals surface area (Å²) in [5, 5.41) is 9.17. The Morgan fingerprint density at radius 1 is 0.853 bits per heavy atom. The van der Waals surface area contributed by atoms with Gasteiger partial charge in [0, 0.05) is 5.56 Å². The van der Waals surface area contributed by atoms with Gasteiger partial charge in [0.05, 0.1) is 13.2 Å². The number of ether oxygens (including phenoxy) is 1. The van der Waals surface area contributed by atoms with Crippen LogP contribution in [-0.4, -0.2) is 11.7 Å². The van der Waals surface area contributed by atoms with Crippen LogP contribution in [0, 0.1) is 23.4 Å². The maximum atomic E-state index is 15.0. The monoisotopic (exact) mass is 468 g/mol. The van der Waals surface area contributed by atoms with E-state index < -0.39 is 11.6 Å². The molecule has 4 rings (SSSR count). The zero-order chi connectivity index (χ0) is 24.1. The summed E-state index contributed by atoms with van der Waals surface area (Å²) in [6, 6.07) is 15.4. The highest BCUT2D eigenvalue weighted by Crippen LogP contribution is 2.40. The summed E-state index contributed by atoms with van der Waals surface area (Å²) in [5.41, 5.74) is 2.97. The average Bonchev–Trinajstić information content (AvgIpc) is 2.86. The Balaban J connectivity index is 1.35. The van der Waals surface area contributed by atoms with Crippen LogP contribution in [0.3, 0.4) is 0 Å². The number of halogens is 3. The minimum atomic E-state index is -0.811. The molecule has 3 aromatic carbocycles. The van der Waals surface area contributed by atoms with E-state index >= 15 is 4.39 Å². The molecule has 1 saturated carbocycles. The van der Waals surface area contributed by atoms with Crippen LogP contribution in [0.2, 0.25) is 0 Å². The van der Waals surface area contributed by atoms with Crippen molar-refractivity contribution in [1.29, 1.82) is 0 Å². The number of benzene rings is 3. The van der Waals surface area contributed by atoms with Crippen molar-refractivity contribution in [1.82, 2.24) is 0 Å². The SMILES string of the molecule is CCOc1ccc(CCC2CCC(c3ccc(-c4ccc(CO)cc4)c(F)c3F)CC2)cc1F. The van der Waals surface area contributed by atoms with E-state index in [0.29, 0.717) is 23.7 Å². The third kappa shape index (κ3) is 5.47. The summed E-state index contributed by atoms with van der Waals surface area (Å²) in [6.45, 7) is 2.18. The first-order valence-corrected chi connectivity index (χ1v) is 12.1. The summed E-state index contributed by atoms with van der Waals surface area (Å²) in [6.07, 6.45) is 5.31. The summed E-state index contributed by atoms with van der Waals surface area (Å²) < 4.78 is 49.3. The van der Waals surface area contributed by atoms with Crippen LogP contribution < -0.4 is 4.74 Å². The van der Waals surface area contributed by atoms with Gasteiger partial charge in [0.2, 0.25) is 0 Å². The number of aryl methyl sites for hydroxylation is 1. The molecule has 0 heterocycles. The van der Waals surface area contributed by atoms with Gasteiger partial charge in [-0.3, -0.25) is 0 Å². The van der Waals surface area contributed by atoms with Crippen LogP contribution in [0.25, 0.3) is 11.1 Å². The minimum absolute atomic E-state index is 0.0134. The van der Waals surface area contributed by atoms with Crippen LogP contribution in [-0.2, 0) is 13.0 Å². The molecule has 34 heavy (non-hydrogen) atoms. The zero-order valence-electron chi connectivity index (χ0n) is 19.5. The number of hydrogen-bond donors (Lipinski definition) is 1. The molecule has 1 aliphatic rings. The van der Waals surface area contributed by atoms with Crippen LogP contribution in [0.4, 0.5) is 13.2 Å². The van der Waals surface area contributed by atoms with Crippen molar-refractivity contribution in [2.24, 2.45) is 5.92 Å². The molecule has 5 heteroatoms. The minimum Gasteiger partial charge on any atom is -0.491 e. The van der Waals surface area contributed by atoms with E-state index in [1.165, 1.54) is 0 Å². The molecular formula is C29H31F3O2. The molecule has 2 nitrogen and oxygen atoms in total. The molecule has 0 radical (unpaired) electrons. The van der Waals surface area contributed by atoms with E-state index in [0.717, 1.165) is 49.7 Å². The molecule has 180 valence electrons. The molecule has 0 atom stereocenters. The van der Waals surface area contributed by atoms with E-state index in [1.54, 1.807) is 48.5 Å². The number of aliphatic hydroxyl groups excluding tert-OH is 1. The van der Waals surface area contributed by atoms with Crippen molar-refractivity contribution in [2.75, 3.05) is 6.61 Å².